The van der Waals surface area contributed by atoms with E-state index in [4.69, 9.17) is 9.47 Å². The fourth-order valence-electron chi connectivity index (χ4n) is 3.43. The summed E-state index contributed by atoms with van der Waals surface area (Å²) in [7, 11) is 3.09. The number of hydrogen-bond acceptors (Lipinski definition) is 5. The van der Waals surface area contributed by atoms with Crippen molar-refractivity contribution >= 4 is 18.0 Å². The predicted octanol–water partition coefficient (Wildman–Crippen LogP) is 1.57. The minimum atomic E-state index is -0.902. The minimum Gasteiger partial charge on any atom is -0.493 e. The molecule has 0 atom stereocenters. The van der Waals surface area contributed by atoms with Gasteiger partial charge in [-0.25, -0.2) is 0 Å². The minimum absolute atomic E-state index is 0.106. The molecule has 1 aromatic carbocycles. The zero-order valence-electron chi connectivity index (χ0n) is 14.2. The number of allylic oxidation sites excluding steroid dienone is 2. The lowest BCUT2D eigenvalue weighted by atomic mass is 9.77. The summed E-state index contributed by atoms with van der Waals surface area (Å²) in [4.78, 5) is 36.9. The highest BCUT2D eigenvalue weighted by atomic mass is 16.5. The zero-order valence-corrected chi connectivity index (χ0v) is 14.2. The van der Waals surface area contributed by atoms with Gasteiger partial charge in [0, 0.05) is 13.0 Å². The Hall–Kier alpha value is -2.89. The zero-order chi connectivity index (χ0) is 18.0. The second-order valence-corrected chi connectivity index (χ2v) is 5.94. The van der Waals surface area contributed by atoms with Gasteiger partial charge in [0.1, 0.15) is 11.8 Å². The smallest absolute Gasteiger partial charge is 0.228 e. The summed E-state index contributed by atoms with van der Waals surface area (Å²) in [6.45, 7) is 0.277. The Balaban J connectivity index is 2.21. The van der Waals surface area contributed by atoms with Crippen molar-refractivity contribution in [3.63, 3.8) is 0 Å². The van der Waals surface area contributed by atoms with Crippen LogP contribution < -0.4 is 9.47 Å². The predicted molar refractivity (Wildman–Crippen MR) is 90.6 cm³/mol. The summed E-state index contributed by atoms with van der Waals surface area (Å²) in [6, 6.07) is 3.63. The average Bonchev–Trinajstić information content (AvgIpc) is 2.62. The van der Waals surface area contributed by atoms with Gasteiger partial charge in [-0.2, -0.15) is 0 Å². The number of benzene rings is 1. The van der Waals surface area contributed by atoms with Crippen LogP contribution in [0, 0.1) is 0 Å². The van der Waals surface area contributed by atoms with E-state index >= 15 is 0 Å². The normalized spacial score (nSPS) is 17.6. The number of nitrogens with zero attached hydrogens (tertiary/aromatic N) is 1. The largest absolute Gasteiger partial charge is 0.493 e. The number of ketones is 1. The van der Waals surface area contributed by atoms with E-state index in [1.807, 2.05) is 6.07 Å². The van der Waals surface area contributed by atoms with Gasteiger partial charge in [-0.05, 0) is 47.6 Å². The van der Waals surface area contributed by atoms with E-state index in [2.05, 4.69) is 0 Å². The van der Waals surface area contributed by atoms with Crippen molar-refractivity contribution in [2.45, 2.75) is 18.4 Å². The fourth-order valence-corrected chi connectivity index (χ4v) is 3.43. The van der Waals surface area contributed by atoms with Gasteiger partial charge in [0.15, 0.2) is 17.3 Å². The van der Waals surface area contributed by atoms with Crippen LogP contribution in [0.2, 0.25) is 0 Å². The van der Waals surface area contributed by atoms with Gasteiger partial charge in [0.05, 0.1) is 20.6 Å². The van der Waals surface area contributed by atoms with E-state index in [9.17, 15) is 14.4 Å². The van der Waals surface area contributed by atoms with Crippen molar-refractivity contribution in [2.24, 2.45) is 0 Å². The second-order valence-electron chi connectivity index (χ2n) is 5.94. The Morgan fingerprint density at radius 1 is 1.12 bits per heavy atom. The number of amides is 1. The molecule has 0 saturated heterocycles. The molecule has 1 aromatic rings. The van der Waals surface area contributed by atoms with Crippen LogP contribution in [0.25, 0.3) is 0 Å². The van der Waals surface area contributed by atoms with Crippen molar-refractivity contribution in [1.29, 1.82) is 0 Å². The highest BCUT2D eigenvalue weighted by molar-refractivity contribution is 6.01. The molecule has 130 valence electrons. The summed E-state index contributed by atoms with van der Waals surface area (Å²) in [6.07, 6.45) is 7.54. The first-order chi connectivity index (χ1) is 12.1. The van der Waals surface area contributed by atoms with E-state index in [-0.39, 0.29) is 31.1 Å². The molecule has 1 amide bonds. The first kappa shape index (κ1) is 17.0. The van der Waals surface area contributed by atoms with Crippen LogP contribution in [-0.4, -0.2) is 43.6 Å². The lowest BCUT2D eigenvalue weighted by Crippen LogP contribution is -2.52. The van der Waals surface area contributed by atoms with Crippen molar-refractivity contribution in [3.05, 3.63) is 47.6 Å². The number of methoxy groups -OCH3 is 2. The van der Waals surface area contributed by atoms with Crippen molar-refractivity contribution in [3.8, 4) is 11.5 Å². The molecule has 1 spiro atoms. The van der Waals surface area contributed by atoms with Gasteiger partial charge >= 0.3 is 0 Å². The molecule has 3 rings (SSSR count). The number of hydrogen-bond donors (Lipinski definition) is 0. The van der Waals surface area contributed by atoms with E-state index < -0.39 is 5.54 Å². The third-order valence-electron chi connectivity index (χ3n) is 4.60. The first-order valence-corrected chi connectivity index (χ1v) is 7.97. The van der Waals surface area contributed by atoms with Crippen LogP contribution in [0.5, 0.6) is 11.5 Å². The molecule has 1 aliphatic carbocycles. The molecule has 6 nitrogen and oxygen atoms in total. The van der Waals surface area contributed by atoms with Gasteiger partial charge < -0.3 is 19.2 Å². The third-order valence-corrected chi connectivity index (χ3v) is 4.60. The maximum atomic E-state index is 12.8. The summed E-state index contributed by atoms with van der Waals surface area (Å²) in [5, 5.41) is 0. The maximum Gasteiger partial charge on any atom is 0.228 e. The van der Waals surface area contributed by atoms with E-state index in [1.165, 1.54) is 12.2 Å². The molecule has 0 aromatic heterocycles. The number of fused-ring (bicyclic) bond motifs is 2. The van der Waals surface area contributed by atoms with Crippen LogP contribution in [0.3, 0.4) is 0 Å². The van der Waals surface area contributed by atoms with Crippen LogP contribution in [0.15, 0.2) is 36.4 Å². The molecule has 25 heavy (non-hydrogen) atoms. The van der Waals surface area contributed by atoms with Crippen molar-refractivity contribution in [1.82, 2.24) is 4.90 Å². The summed E-state index contributed by atoms with van der Waals surface area (Å²) < 4.78 is 10.7. The Kier molecular flexibility index (Phi) is 4.44. The number of ether oxygens (including phenoxy) is 2. The van der Waals surface area contributed by atoms with Crippen molar-refractivity contribution in [2.75, 3.05) is 20.8 Å². The molecular weight excluding hydrogens is 322 g/mol. The summed E-state index contributed by atoms with van der Waals surface area (Å²) >= 11 is 0. The third kappa shape index (κ3) is 2.73. The Labute approximate surface area is 145 Å². The van der Waals surface area contributed by atoms with Crippen LogP contribution in [-0.2, 0) is 26.3 Å². The average molecular weight is 341 g/mol. The highest BCUT2D eigenvalue weighted by Crippen LogP contribution is 2.44. The number of rotatable bonds is 5. The van der Waals surface area contributed by atoms with Gasteiger partial charge in [-0.1, -0.05) is 0 Å². The molecule has 0 fully saturated rings. The number of aldehydes is 1. The fraction of sp³-hybridized carbons (Fsp3) is 0.316. The second kappa shape index (κ2) is 6.55. The van der Waals surface area contributed by atoms with Crippen LogP contribution in [0.1, 0.15) is 17.5 Å². The molecule has 0 bridgehead atoms. The molecule has 1 aliphatic heterocycles. The maximum absolute atomic E-state index is 12.8. The molecule has 0 saturated carbocycles. The topological polar surface area (TPSA) is 72.9 Å². The van der Waals surface area contributed by atoms with E-state index in [0.717, 1.165) is 17.4 Å². The first-order valence-electron chi connectivity index (χ1n) is 7.97. The Bertz CT molecular complexity index is 777. The lowest BCUT2D eigenvalue weighted by molar-refractivity contribution is -0.135. The standard InChI is InChI=1S/C19H19NO5/c1-24-16-10-13-11-18(23)20(8-3-9-21)19(6-4-14(22)5-7-19)15(13)12-17(16)25-2/h4-7,9-10,12H,3,8,11H2,1-2H3. The number of carbonyl (C=O) groups excluding carboxylic acids is 3. The summed E-state index contributed by atoms with van der Waals surface area (Å²) in [5.74, 6) is 0.848. The quantitative estimate of drug-likeness (QED) is 0.760. The van der Waals surface area contributed by atoms with E-state index in [0.29, 0.717) is 11.5 Å². The highest BCUT2D eigenvalue weighted by Gasteiger charge is 2.44. The molecule has 0 radical (unpaired) electrons. The van der Waals surface area contributed by atoms with E-state index in [1.54, 1.807) is 37.3 Å². The van der Waals surface area contributed by atoms with Gasteiger partial charge in [-0.3, -0.25) is 9.59 Å². The molecule has 0 N–H and O–H groups in total. The lowest BCUT2D eigenvalue weighted by Gasteiger charge is -2.45. The summed E-state index contributed by atoms with van der Waals surface area (Å²) in [5.41, 5.74) is 0.755. The van der Waals surface area contributed by atoms with Gasteiger partial charge in [0.25, 0.3) is 0 Å². The van der Waals surface area contributed by atoms with Gasteiger partial charge in [0.2, 0.25) is 5.91 Å². The molecule has 1 heterocycles. The molecular formula is C19H19NO5. The monoisotopic (exact) mass is 341 g/mol. The Morgan fingerprint density at radius 3 is 2.36 bits per heavy atom. The molecule has 0 unspecified atom stereocenters. The molecule has 6 heteroatoms. The van der Waals surface area contributed by atoms with Gasteiger partial charge in [-0.15, -0.1) is 0 Å². The van der Waals surface area contributed by atoms with Crippen molar-refractivity contribution < 1.29 is 23.9 Å². The number of carbonyl (C=O) groups is 3. The SMILES string of the molecule is COc1cc2c(cc1OC)C1(C=CC(=O)C=C1)N(CCC=O)C(=O)C2. The van der Waals surface area contributed by atoms with Crippen LogP contribution >= 0.6 is 0 Å². The molecule has 2 aliphatic rings. The Morgan fingerprint density at radius 2 is 1.76 bits per heavy atom. The van der Waals surface area contributed by atoms with Crippen LogP contribution in [0.4, 0.5) is 0 Å².